The fourth-order valence-electron chi connectivity index (χ4n) is 4.73. The molecule has 0 aliphatic carbocycles. The average Bonchev–Trinajstić information content (AvgIpc) is 3.28. The smallest absolute Gasteiger partial charge is 0.223 e. The number of carbonyl (C=O) groups excluding carboxylic acids is 1. The Kier molecular flexibility index (Phi) is 7.93. The topological polar surface area (TPSA) is 43.7 Å². The Morgan fingerprint density at radius 1 is 1.00 bits per heavy atom. The number of nitrogens with zero attached hydrogens (tertiary/aromatic N) is 2. The second-order valence-corrected chi connectivity index (χ2v) is 8.95. The zero-order valence-electron chi connectivity index (χ0n) is 21.3. The molecule has 0 aliphatic rings. The molecule has 0 saturated carbocycles. The Morgan fingerprint density at radius 2 is 1.78 bits per heavy atom. The third kappa shape index (κ3) is 5.38. The number of carbonyl (C=O) groups is 1. The van der Waals surface area contributed by atoms with Crippen LogP contribution in [0, 0.1) is 5.82 Å². The number of amides is 1. The number of benzene rings is 3. The third-order valence-corrected chi connectivity index (χ3v) is 6.77. The first-order valence-electron chi connectivity index (χ1n) is 12.2. The summed E-state index contributed by atoms with van der Waals surface area (Å²) < 4.78 is 27.1. The maximum Gasteiger partial charge on any atom is 0.223 e. The minimum atomic E-state index is -0.300. The lowest BCUT2D eigenvalue weighted by Gasteiger charge is -2.22. The van der Waals surface area contributed by atoms with Gasteiger partial charge in [-0.1, -0.05) is 36.4 Å². The molecule has 0 saturated heterocycles. The number of halogens is 1. The lowest BCUT2D eigenvalue weighted by Crippen LogP contribution is -2.30. The maximum absolute atomic E-state index is 14.2. The molecule has 6 heteroatoms. The van der Waals surface area contributed by atoms with Crippen LogP contribution in [0.1, 0.15) is 36.0 Å². The highest BCUT2D eigenvalue weighted by atomic mass is 19.1. The summed E-state index contributed by atoms with van der Waals surface area (Å²) in [5, 5.41) is 1.09. The van der Waals surface area contributed by atoms with Crippen molar-refractivity contribution >= 4 is 16.8 Å². The molecule has 0 fully saturated rings. The molecule has 0 aliphatic heterocycles. The van der Waals surface area contributed by atoms with Crippen LogP contribution in [0.5, 0.6) is 11.5 Å². The van der Waals surface area contributed by atoms with E-state index in [2.05, 4.69) is 29.8 Å². The van der Waals surface area contributed by atoms with Crippen molar-refractivity contribution in [3.63, 3.8) is 0 Å². The highest BCUT2D eigenvalue weighted by Gasteiger charge is 2.24. The van der Waals surface area contributed by atoms with Gasteiger partial charge in [0.2, 0.25) is 5.91 Å². The first kappa shape index (κ1) is 25.3. The van der Waals surface area contributed by atoms with E-state index in [-0.39, 0.29) is 24.1 Å². The van der Waals surface area contributed by atoms with Gasteiger partial charge in [0.15, 0.2) is 11.5 Å². The van der Waals surface area contributed by atoms with Gasteiger partial charge in [-0.15, -0.1) is 0 Å². The number of para-hydroxylation sites is 1. The van der Waals surface area contributed by atoms with Crippen LogP contribution in [0.2, 0.25) is 0 Å². The molecule has 5 nitrogen and oxygen atoms in total. The molecule has 0 radical (unpaired) electrons. The molecule has 1 amide bonds. The standard InChI is InChI=1S/C30H33FN2O3/c1-5-33-20-26(24-11-6-7-12-27(24)33)25(22-9-8-10-23(31)18-22)19-30(34)32(2)16-15-21-13-14-28(35-3)29(17-21)36-4/h6-14,17-18,20,25H,5,15-16,19H2,1-4H3. The zero-order valence-corrected chi connectivity index (χ0v) is 21.3. The highest BCUT2D eigenvalue weighted by molar-refractivity contribution is 5.86. The average molecular weight is 489 g/mol. The van der Waals surface area contributed by atoms with E-state index >= 15 is 0 Å². The van der Waals surface area contributed by atoms with E-state index < -0.39 is 0 Å². The van der Waals surface area contributed by atoms with Crippen molar-refractivity contribution in [3.05, 3.63) is 95.4 Å². The van der Waals surface area contributed by atoms with Gasteiger partial charge in [0.1, 0.15) is 5.82 Å². The molecule has 0 N–H and O–H groups in total. The quantitative estimate of drug-likeness (QED) is 0.273. The number of likely N-dealkylation sites (N-methyl/N-ethyl adjacent to an activating group) is 1. The van der Waals surface area contributed by atoms with Crippen molar-refractivity contribution in [2.45, 2.75) is 32.2 Å². The predicted octanol–water partition coefficient (Wildman–Crippen LogP) is 6.04. The van der Waals surface area contributed by atoms with Gasteiger partial charge in [-0.05, 0) is 60.4 Å². The molecule has 188 valence electrons. The Labute approximate surface area is 212 Å². The summed E-state index contributed by atoms with van der Waals surface area (Å²) >= 11 is 0. The minimum Gasteiger partial charge on any atom is -0.493 e. The van der Waals surface area contributed by atoms with Crippen LogP contribution in [0.25, 0.3) is 10.9 Å². The van der Waals surface area contributed by atoms with Crippen molar-refractivity contribution < 1.29 is 18.7 Å². The molecule has 0 spiro atoms. The number of hydrogen-bond donors (Lipinski definition) is 0. The van der Waals surface area contributed by atoms with Crippen LogP contribution in [0.15, 0.2) is 72.9 Å². The van der Waals surface area contributed by atoms with Crippen molar-refractivity contribution in [1.82, 2.24) is 9.47 Å². The Hall–Kier alpha value is -3.80. The maximum atomic E-state index is 14.2. The van der Waals surface area contributed by atoms with Crippen molar-refractivity contribution in [2.24, 2.45) is 0 Å². The summed E-state index contributed by atoms with van der Waals surface area (Å²) in [6.45, 7) is 3.47. The van der Waals surface area contributed by atoms with Crippen LogP contribution < -0.4 is 9.47 Å². The molecule has 0 bridgehead atoms. The molecule has 1 heterocycles. The van der Waals surface area contributed by atoms with Crippen molar-refractivity contribution in [2.75, 3.05) is 27.8 Å². The Morgan fingerprint density at radius 3 is 2.50 bits per heavy atom. The Balaban J connectivity index is 1.57. The van der Waals surface area contributed by atoms with Gasteiger partial charge in [-0.2, -0.15) is 0 Å². The number of hydrogen-bond acceptors (Lipinski definition) is 3. The van der Waals surface area contributed by atoms with Crippen LogP contribution in [-0.4, -0.2) is 43.2 Å². The second-order valence-electron chi connectivity index (χ2n) is 8.95. The van der Waals surface area contributed by atoms with Gasteiger partial charge in [0.25, 0.3) is 0 Å². The number of aromatic nitrogens is 1. The molecule has 1 atom stereocenters. The summed E-state index contributed by atoms with van der Waals surface area (Å²) in [4.78, 5) is 15.2. The van der Waals surface area contributed by atoms with E-state index in [4.69, 9.17) is 9.47 Å². The largest absolute Gasteiger partial charge is 0.493 e. The number of aryl methyl sites for hydroxylation is 1. The molecular weight excluding hydrogens is 455 g/mol. The molecular formula is C30H33FN2O3. The fraction of sp³-hybridized carbons (Fsp3) is 0.300. The van der Waals surface area contributed by atoms with Gasteiger partial charge in [-0.25, -0.2) is 4.39 Å². The summed E-state index contributed by atoms with van der Waals surface area (Å²) in [5.74, 6) is 0.802. The minimum absolute atomic E-state index is 0.0121. The number of ether oxygens (including phenoxy) is 2. The van der Waals surface area contributed by atoms with Gasteiger partial charge in [0, 0.05) is 49.6 Å². The van der Waals surface area contributed by atoms with Gasteiger partial charge >= 0.3 is 0 Å². The third-order valence-electron chi connectivity index (χ3n) is 6.77. The molecule has 4 aromatic rings. The van der Waals surface area contributed by atoms with Crippen LogP contribution >= 0.6 is 0 Å². The molecule has 4 rings (SSSR count). The highest BCUT2D eigenvalue weighted by Crippen LogP contribution is 2.35. The number of methoxy groups -OCH3 is 2. The van der Waals surface area contributed by atoms with Gasteiger partial charge in [-0.3, -0.25) is 4.79 Å². The fourth-order valence-corrected chi connectivity index (χ4v) is 4.73. The first-order chi connectivity index (χ1) is 17.4. The van der Waals surface area contributed by atoms with Crippen LogP contribution in [0.4, 0.5) is 4.39 Å². The van der Waals surface area contributed by atoms with E-state index in [0.717, 1.165) is 34.1 Å². The summed E-state index contributed by atoms with van der Waals surface area (Å²) in [7, 11) is 5.04. The van der Waals surface area contributed by atoms with Crippen molar-refractivity contribution in [1.29, 1.82) is 0 Å². The molecule has 36 heavy (non-hydrogen) atoms. The monoisotopic (exact) mass is 488 g/mol. The summed E-state index contributed by atoms with van der Waals surface area (Å²) in [6, 6.07) is 20.6. The molecule has 1 unspecified atom stereocenters. The number of rotatable bonds is 10. The number of fused-ring (bicyclic) bond motifs is 1. The van der Waals surface area contributed by atoms with Crippen LogP contribution in [0.3, 0.4) is 0 Å². The molecule has 3 aromatic carbocycles. The summed E-state index contributed by atoms with van der Waals surface area (Å²) in [5.41, 5.74) is 4.01. The van der Waals surface area contributed by atoms with Gasteiger partial charge < -0.3 is 18.9 Å². The zero-order chi connectivity index (χ0) is 25.7. The van der Waals surface area contributed by atoms with E-state index in [0.29, 0.717) is 24.5 Å². The molecule has 1 aromatic heterocycles. The lowest BCUT2D eigenvalue weighted by atomic mass is 9.87. The van der Waals surface area contributed by atoms with E-state index in [1.165, 1.54) is 6.07 Å². The second kappa shape index (κ2) is 11.3. The first-order valence-corrected chi connectivity index (χ1v) is 12.2. The normalized spacial score (nSPS) is 11.9. The summed E-state index contributed by atoms with van der Waals surface area (Å²) in [6.07, 6.45) is 3.04. The van der Waals surface area contributed by atoms with Crippen LogP contribution in [-0.2, 0) is 17.8 Å². The van der Waals surface area contributed by atoms with E-state index in [1.54, 1.807) is 31.3 Å². The SMILES string of the molecule is CCn1cc(C(CC(=O)N(C)CCc2ccc(OC)c(OC)c2)c2cccc(F)c2)c2ccccc21. The van der Waals surface area contributed by atoms with E-state index in [9.17, 15) is 9.18 Å². The Bertz CT molecular complexity index is 1350. The van der Waals surface area contributed by atoms with E-state index in [1.807, 2.05) is 43.4 Å². The van der Waals surface area contributed by atoms with Crippen molar-refractivity contribution in [3.8, 4) is 11.5 Å². The lowest BCUT2D eigenvalue weighted by molar-refractivity contribution is -0.130. The van der Waals surface area contributed by atoms with Gasteiger partial charge in [0.05, 0.1) is 14.2 Å². The predicted molar refractivity (Wildman–Crippen MR) is 141 cm³/mol.